The number of carbonyl (C=O) groups excluding carboxylic acids is 2. The summed E-state index contributed by atoms with van der Waals surface area (Å²) in [5.41, 5.74) is -0.136. The zero-order chi connectivity index (χ0) is 22.5. The Hall–Kier alpha value is -1.98. The van der Waals surface area contributed by atoms with E-state index < -0.39 is 17.5 Å². The predicted molar refractivity (Wildman–Crippen MR) is 118 cm³/mol. The number of halogens is 2. The standard InChI is InChI=1S/C25H37F2NO3/c1-2-3-4-5-6-7-8-9-10-11-18-31-25(30)20-14-16-28(17-15-20)24(29)22-13-12-21(26)19-23(22)27/h12-13,19-20H,2-11,14-18H2,1H3. The number of piperidine rings is 1. The molecule has 6 heteroatoms. The second kappa shape index (κ2) is 14.2. The van der Waals surface area contributed by atoms with Crippen molar-refractivity contribution in [3.63, 3.8) is 0 Å². The molecule has 2 rings (SSSR count). The van der Waals surface area contributed by atoms with Gasteiger partial charge in [0.2, 0.25) is 0 Å². The molecular weight excluding hydrogens is 400 g/mol. The summed E-state index contributed by atoms with van der Waals surface area (Å²) < 4.78 is 32.3. The van der Waals surface area contributed by atoms with Crippen LogP contribution in [0.15, 0.2) is 18.2 Å². The van der Waals surface area contributed by atoms with E-state index in [1.165, 1.54) is 62.3 Å². The van der Waals surface area contributed by atoms with Gasteiger partial charge in [0.05, 0.1) is 18.1 Å². The highest BCUT2D eigenvalue weighted by molar-refractivity contribution is 5.94. The molecule has 0 spiro atoms. The summed E-state index contributed by atoms with van der Waals surface area (Å²) in [6.07, 6.45) is 13.4. The number of likely N-dealkylation sites (tertiary alicyclic amines) is 1. The first-order chi connectivity index (χ1) is 15.0. The van der Waals surface area contributed by atoms with Crippen LogP contribution in [0.25, 0.3) is 0 Å². The van der Waals surface area contributed by atoms with Gasteiger partial charge in [0, 0.05) is 19.2 Å². The molecule has 174 valence electrons. The normalized spacial score (nSPS) is 14.6. The summed E-state index contributed by atoms with van der Waals surface area (Å²) in [6.45, 7) is 3.42. The molecule has 4 nitrogen and oxygen atoms in total. The molecule has 1 aliphatic heterocycles. The third-order valence-corrected chi connectivity index (χ3v) is 6.02. The van der Waals surface area contributed by atoms with Gasteiger partial charge < -0.3 is 9.64 Å². The fourth-order valence-electron chi connectivity index (χ4n) is 4.03. The zero-order valence-corrected chi connectivity index (χ0v) is 18.8. The molecule has 0 radical (unpaired) electrons. The number of hydrogen-bond donors (Lipinski definition) is 0. The summed E-state index contributed by atoms with van der Waals surface area (Å²) >= 11 is 0. The number of carbonyl (C=O) groups is 2. The first kappa shape index (κ1) is 25.3. The van der Waals surface area contributed by atoms with Crippen molar-refractivity contribution in [2.24, 2.45) is 5.92 Å². The van der Waals surface area contributed by atoms with Gasteiger partial charge in [-0.15, -0.1) is 0 Å². The monoisotopic (exact) mass is 437 g/mol. The average molecular weight is 438 g/mol. The minimum Gasteiger partial charge on any atom is -0.465 e. The van der Waals surface area contributed by atoms with Gasteiger partial charge in [0.15, 0.2) is 0 Å². The van der Waals surface area contributed by atoms with Gasteiger partial charge in [-0.25, -0.2) is 8.78 Å². The molecule has 1 aromatic rings. The number of amides is 1. The number of nitrogens with zero attached hydrogens (tertiary/aromatic N) is 1. The Morgan fingerprint density at radius 3 is 2.10 bits per heavy atom. The fourth-order valence-corrected chi connectivity index (χ4v) is 4.03. The first-order valence-electron chi connectivity index (χ1n) is 11.9. The maximum Gasteiger partial charge on any atom is 0.309 e. The van der Waals surface area contributed by atoms with Crippen LogP contribution in [0.5, 0.6) is 0 Å². The van der Waals surface area contributed by atoms with Crippen molar-refractivity contribution in [2.75, 3.05) is 19.7 Å². The van der Waals surface area contributed by atoms with Gasteiger partial charge in [-0.1, -0.05) is 64.7 Å². The van der Waals surface area contributed by atoms with E-state index in [0.717, 1.165) is 18.9 Å². The molecule has 0 N–H and O–H groups in total. The summed E-state index contributed by atoms with van der Waals surface area (Å²) in [5, 5.41) is 0. The van der Waals surface area contributed by atoms with Gasteiger partial charge in [-0.05, 0) is 31.4 Å². The van der Waals surface area contributed by atoms with Gasteiger partial charge in [-0.2, -0.15) is 0 Å². The third kappa shape index (κ3) is 8.96. The third-order valence-electron chi connectivity index (χ3n) is 6.02. The van der Waals surface area contributed by atoms with E-state index in [-0.39, 0.29) is 17.5 Å². The highest BCUT2D eigenvalue weighted by Crippen LogP contribution is 2.22. The number of benzene rings is 1. The van der Waals surface area contributed by atoms with E-state index in [0.29, 0.717) is 38.6 Å². The molecule has 1 fully saturated rings. The van der Waals surface area contributed by atoms with E-state index in [4.69, 9.17) is 4.74 Å². The second-order valence-corrected chi connectivity index (χ2v) is 8.54. The van der Waals surface area contributed by atoms with Gasteiger partial charge in [-0.3, -0.25) is 9.59 Å². The minimum absolute atomic E-state index is 0.136. The number of esters is 1. The molecule has 1 heterocycles. The zero-order valence-electron chi connectivity index (χ0n) is 18.8. The van der Waals surface area contributed by atoms with Crippen molar-refractivity contribution < 1.29 is 23.1 Å². The van der Waals surface area contributed by atoms with E-state index in [1.54, 1.807) is 0 Å². The largest absolute Gasteiger partial charge is 0.465 e. The van der Waals surface area contributed by atoms with Crippen LogP contribution in [0.4, 0.5) is 8.78 Å². The lowest BCUT2D eigenvalue weighted by Crippen LogP contribution is -2.41. The van der Waals surface area contributed by atoms with Crippen LogP contribution in [0, 0.1) is 17.6 Å². The molecule has 31 heavy (non-hydrogen) atoms. The molecule has 1 saturated heterocycles. The van der Waals surface area contributed by atoms with E-state index >= 15 is 0 Å². The van der Waals surface area contributed by atoms with Crippen LogP contribution in [0.2, 0.25) is 0 Å². The molecule has 0 saturated carbocycles. The molecule has 0 aliphatic carbocycles. The van der Waals surface area contributed by atoms with Crippen molar-refractivity contribution in [3.05, 3.63) is 35.4 Å². The molecule has 0 bridgehead atoms. The van der Waals surface area contributed by atoms with E-state index in [9.17, 15) is 18.4 Å². The van der Waals surface area contributed by atoms with Gasteiger partial charge in [0.1, 0.15) is 11.6 Å². The number of ether oxygens (including phenoxy) is 1. The maximum absolute atomic E-state index is 13.8. The first-order valence-corrected chi connectivity index (χ1v) is 11.9. The van der Waals surface area contributed by atoms with Crippen molar-refractivity contribution >= 4 is 11.9 Å². The molecule has 1 amide bonds. The average Bonchev–Trinajstić information content (AvgIpc) is 2.77. The molecular formula is C25H37F2NO3. The predicted octanol–water partition coefficient (Wildman–Crippen LogP) is 6.28. The van der Waals surface area contributed by atoms with Crippen molar-refractivity contribution in [2.45, 2.75) is 84.0 Å². The van der Waals surface area contributed by atoms with Crippen molar-refractivity contribution in [1.82, 2.24) is 4.90 Å². The molecule has 1 aromatic carbocycles. The Kier molecular flexibility index (Phi) is 11.5. The Labute approximate surface area is 185 Å². The smallest absolute Gasteiger partial charge is 0.309 e. The number of hydrogen-bond acceptors (Lipinski definition) is 3. The summed E-state index contributed by atoms with van der Waals surface area (Å²) in [6, 6.07) is 2.96. The highest BCUT2D eigenvalue weighted by atomic mass is 19.1. The Balaban J connectivity index is 1.55. The fraction of sp³-hybridized carbons (Fsp3) is 0.680. The summed E-state index contributed by atoms with van der Waals surface area (Å²) in [5.74, 6) is -2.45. The quantitative estimate of drug-likeness (QED) is 0.269. The molecule has 0 unspecified atom stereocenters. The van der Waals surface area contributed by atoms with E-state index in [2.05, 4.69) is 6.92 Å². The van der Waals surface area contributed by atoms with Gasteiger partial charge >= 0.3 is 5.97 Å². The Morgan fingerprint density at radius 1 is 0.935 bits per heavy atom. The van der Waals surface area contributed by atoms with E-state index in [1.807, 2.05) is 0 Å². The van der Waals surface area contributed by atoms with Crippen LogP contribution >= 0.6 is 0 Å². The maximum atomic E-state index is 13.8. The lowest BCUT2D eigenvalue weighted by molar-refractivity contribution is -0.150. The van der Waals surface area contributed by atoms with Crippen LogP contribution in [-0.4, -0.2) is 36.5 Å². The topological polar surface area (TPSA) is 46.6 Å². The second-order valence-electron chi connectivity index (χ2n) is 8.54. The Bertz CT molecular complexity index is 687. The molecule has 1 aliphatic rings. The summed E-state index contributed by atoms with van der Waals surface area (Å²) in [4.78, 5) is 26.2. The van der Waals surface area contributed by atoms with Gasteiger partial charge in [0.25, 0.3) is 5.91 Å². The van der Waals surface area contributed by atoms with Crippen LogP contribution in [0.1, 0.15) is 94.3 Å². The molecule has 0 atom stereocenters. The number of rotatable bonds is 13. The van der Waals surface area contributed by atoms with Crippen LogP contribution < -0.4 is 0 Å². The summed E-state index contributed by atoms with van der Waals surface area (Å²) in [7, 11) is 0. The number of unbranched alkanes of at least 4 members (excludes halogenated alkanes) is 9. The van der Waals surface area contributed by atoms with Crippen LogP contribution in [-0.2, 0) is 9.53 Å². The minimum atomic E-state index is -0.858. The van der Waals surface area contributed by atoms with Crippen LogP contribution in [0.3, 0.4) is 0 Å². The molecule has 0 aromatic heterocycles. The lowest BCUT2D eigenvalue weighted by atomic mass is 9.96. The van der Waals surface area contributed by atoms with Crippen molar-refractivity contribution in [1.29, 1.82) is 0 Å². The SMILES string of the molecule is CCCCCCCCCCCCOC(=O)C1CCN(C(=O)c2ccc(F)cc2F)CC1. The highest BCUT2D eigenvalue weighted by Gasteiger charge is 2.29. The lowest BCUT2D eigenvalue weighted by Gasteiger charge is -2.31. The van der Waals surface area contributed by atoms with Crippen molar-refractivity contribution in [3.8, 4) is 0 Å². The Morgan fingerprint density at radius 2 is 1.52 bits per heavy atom.